The van der Waals surface area contributed by atoms with Gasteiger partial charge in [0, 0.05) is 31.0 Å². The third kappa shape index (κ3) is 5.81. The van der Waals surface area contributed by atoms with Crippen molar-refractivity contribution < 1.29 is 22.8 Å². The number of benzene rings is 1. The van der Waals surface area contributed by atoms with Gasteiger partial charge in [0.15, 0.2) is 11.5 Å². The zero-order valence-corrected chi connectivity index (χ0v) is 21.0. The quantitative estimate of drug-likeness (QED) is 0.428. The van der Waals surface area contributed by atoms with E-state index in [0.717, 1.165) is 42.8 Å². The molecule has 4 rings (SSSR count). The minimum absolute atomic E-state index is 0.0135. The Morgan fingerprint density at radius 1 is 1.24 bits per heavy atom. The van der Waals surface area contributed by atoms with Gasteiger partial charge in [0.1, 0.15) is 6.54 Å². The largest absolute Gasteiger partial charge is 0.435 e. The second-order valence-electron chi connectivity index (χ2n) is 9.00. The number of amides is 2. The molecule has 1 saturated carbocycles. The number of aromatic nitrogens is 4. The SMILES string of the molecule is Cn1c(-c2cn(CC#N)nc2C(F)(F)F)cnc1C(=O)Nc1ccc(C(=O)N[C@H]2CC[C@@H](N)CC2)c(Cl)c1. The first-order valence-corrected chi connectivity index (χ1v) is 12.1. The minimum Gasteiger partial charge on any atom is -0.349 e. The fraction of sp³-hybridized carbons (Fsp3) is 0.375. The van der Waals surface area contributed by atoms with Crippen molar-refractivity contribution in [3.63, 3.8) is 0 Å². The van der Waals surface area contributed by atoms with Gasteiger partial charge in [-0.1, -0.05) is 11.6 Å². The maximum atomic E-state index is 13.5. The van der Waals surface area contributed by atoms with Crippen LogP contribution < -0.4 is 16.4 Å². The van der Waals surface area contributed by atoms with E-state index in [1.165, 1.54) is 29.8 Å². The van der Waals surface area contributed by atoms with Crippen LogP contribution in [0.5, 0.6) is 0 Å². The van der Waals surface area contributed by atoms with Crippen LogP contribution >= 0.6 is 11.6 Å². The summed E-state index contributed by atoms with van der Waals surface area (Å²) in [7, 11) is 1.39. The molecule has 0 atom stereocenters. The minimum atomic E-state index is -4.78. The number of carbonyl (C=O) groups is 2. The highest BCUT2D eigenvalue weighted by Gasteiger charge is 2.38. The third-order valence-electron chi connectivity index (χ3n) is 6.31. The van der Waals surface area contributed by atoms with E-state index in [1.807, 2.05) is 0 Å². The van der Waals surface area contributed by atoms with Gasteiger partial charge in [0.25, 0.3) is 11.8 Å². The number of hydrogen-bond donors (Lipinski definition) is 3. The number of imidazole rings is 1. The Bertz CT molecular complexity index is 1400. The average Bonchev–Trinajstić information content (AvgIpc) is 3.44. The average molecular weight is 549 g/mol. The van der Waals surface area contributed by atoms with Crippen LogP contribution in [0.15, 0.2) is 30.6 Å². The molecule has 0 aliphatic heterocycles. The first-order valence-electron chi connectivity index (χ1n) is 11.7. The number of anilines is 1. The van der Waals surface area contributed by atoms with Crippen molar-refractivity contribution in [2.75, 3.05) is 5.32 Å². The molecule has 0 spiro atoms. The van der Waals surface area contributed by atoms with Gasteiger partial charge in [-0.25, -0.2) is 4.98 Å². The van der Waals surface area contributed by atoms with E-state index in [9.17, 15) is 22.8 Å². The normalized spacial score (nSPS) is 17.6. The van der Waals surface area contributed by atoms with Crippen LogP contribution in [0.2, 0.25) is 5.02 Å². The second kappa shape index (κ2) is 10.8. The van der Waals surface area contributed by atoms with Gasteiger partial charge >= 0.3 is 6.18 Å². The van der Waals surface area contributed by atoms with E-state index < -0.39 is 17.8 Å². The van der Waals surface area contributed by atoms with E-state index >= 15 is 0 Å². The van der Waals surface area contributed by atoms with Crippen LogP contribution in [0.3, 0.4) is 0 Å². The Hall–Kier alpha value is -3.89. The molecule has 0 radical (unpaired) electrons. The molecule has 1 aromatic carbocycles. The van der Waals surface area contributed by atoms with Gasteiger partial charge < -0.3 is 20.9 Å². The Morgan fingerprint density at radius 2 is 1.95 bits per heavy atom. The highest BCUT2D eigenvalue weighted by molar-refractivity contribution is 6.34. The second-order valence-corrected chi connectivity index (χ2v) is 9.41. The predicted molar refractivity (Wildman–Crippen MR) is 132 cm³/mol. The Balaban J connectivity index is 1.49. The molecule has 0 bridgehead atoms. The molecular formula is C24H24ClF3N8O2. The van der Waals surface area contributed by atoms with Crippen LogP contribution in [0.25, 0.3) is 11.3 Å². The molecular weight excluding hydrogens is 525 g/mol. The maximum Gasteiger partial charge on any atom is 0.435 e. The number of nitrogens with zero attached hydrogens (tertiary/aromatic N) is 5. The zero-order valence-electron chi connectivity index (χ0n) is 20.2. The highest BCUT2D eigenvalue weighted by Crippen LogP contribution is 2.36. The standard InChI is InChI=1S/C24H24ClF3N8O2/c1-35-19(17-12-36(9-8-29)34-20(17)24(26,27)28)11-31-21(35)23(38)33-15-6-7-16(18(25)10-15)22(37)32-14-4-2-13(30)3-5-14/h6-7,10-14H,2-5,9,30H2,1H3,(H,32,37)(H,33,38)/t13-,14+. The van der Waals surface area contributed by atoms with Gasteiger partial charge in [-0.2, -0.15) is 23.5 Å². The number of rotatable bonds is 6. The number of halogens is 4. The van der Waals surface area contributed by atoms with Crippen molar-refractivity contribution >= 4 is 29.1 Å². The summed E-state index contributed by atoms with van der Waals surface area (Å²) in [5.74, 6) is -1.21. The fourth-order valence-electron chi connectivity index (χ4n) is 4.33. The molecule has 1 aliphatic carbocycles. The molecule has 0 unspecified atom stereocenters. The topological polar surface area (TPSA) is 144 Å². The van der Waals surface area contributed by atoms with E-state index in [-0.39, 0.29) is 57.9 Å². The van der Waals surface area contributed by atoms with E-state index in [0.29, 0.717) is 0 Å². The molecule has 0 saturated heterocycles. The molecule has 10 nitrogen and oxygen atoms in total. The molecule has 2 aromatic heterocycles. The predicted octanol–water partition coefficient (Wildman–Crippen LogP) is 3.73. The molecule has 3 aromatic rings. The molecule has 2 heterocycles. The third-order valence-corrected chi connectivity index (χ3v) is 6.62. The first kappa shape index (κ1) is 27.2. The van der Waals surface area contributed by atoms with Crippen molar-refractivity contribution in [2.45, 2.75) is 50.5 Å². The number of nitrogens with two attached hydrogens (primary N) is 1. The molecule has 2 amide bonds. The van der Waals surface area contributed by atoms with Crippen molar-refractivity contribution in [3.8, 4) is 17.3 Å². The number of nitriles is 1. The lowest BCUT2D eigenvalue weighted by molar-refractivity contribution is -0.141. The van der Waals surface area contributed by atoms with Crippen LogP contribution in [-0.4, -0.2) is 43.2 Å². The summed E-state index contributed by atoms with van der Waals surface area (Å²) < 4.78 is 42.7. The molecule has 38 heavy (non-hydrogen) atoms. The first-order chi connectivity index (χ1) is 18.0. The summed E-state index contributed by atoms with van der Waals surface area (Å²) in [6.07, 6.45) is 0.655. The van der Waals surface area contributed by atoms with Crippen LogP contribution in [0, 0.1) is 11.3 Å². The number of nitrogens with one attached hydrogen (secondary N) is 2. The molecule has 1 fully saturated rings. The van der Waals surface area contributed by atoms with Crippen molar-refractivity contribution in [1.82, 2.24) is 24.6 Å². The molecule has 14 heteroatoms. The molecule has 200 valence electrons. The monoisotopic (exact) mass is 548 g/mol. The Kier molecular flexibility index (Phi) is 7.75. The van der Waals surface area contributed by atoms with Crippen LogP contribution in [0.1, 0.15) is 52.4 Å². The summed E-state index contributed by atoms with van der Waals surface area (Å²) in [5, 5.41) is 17.9. The van der Waals surface area contributed by atoms with Gasteiger partial charge in [-0.15, -0.1) is 0 Å². The van der Waals surface area contributed by atoms with Crippen LogP contribution in [0.4, 0.5) is 18.9 Å². The van der Waals surface area contributed by atoms with E-state index in [2.05, 4.69) is 20.7 Å². The summed E-state index contributed by atoms with van der Waals surface area (Å²) in [6.45, 7) is -0.377. The number of hydrogen-bond acceptors (Lipinski definition) is 6. The summed E-state index contributed by atoms with van der Waals surface area (Å²) in [4.78, 5) is 29.5. The van der Waals surface area contributed by atoms with Crippen LogP contribution in [-0.2, 0) is 19.8 Å². The van der Waals surface area contributed by atoms with Gasteiger partial charge in [0.05, 0.1) is 34.1 Å². The lowest BCUT2D eigenvalue weighted by atomic mass is 9.91. The van der Waals surface area contributed by atoms with Gasteiger partial charge in [0.2, 0.25) is 0 Å². The van der Waals surface area contributed by atoms with E-state index in [4.69, 9.17) is 22.6 Å². The van der Waals surface area contributed by atoms with Crippen molar-refractivity contribution in [1.29, 1.82) is 5.26 Å². The number of alkyl halides is 3. The van der Waals surface area contributed by atoms with E-state index in [1.54, 1.807) is 6.07 Å². The van der Waals surface area contributed by atoms with Gasteiger partial charge in [-0.3, -0.25) is 14.3 Å². The number of carbonyl (C=O) groups excluding carboxylic acids is 2. The Labute approximate surface area is 220 Å². The fourth-order valence-corrected chi connectivity index (χ4v) is 4.60. The lowest BCUT2D eigenvalue weighted by Crippen LogP contribution is -2.40. The summed E-state index contributed by atoms with van der Waals surface area (Å²) in [5.41, 5.74) is 4.89. The molecule has 4 N–H and O–H groups in total. The smallest absolute Gasteiger partial charge is 0.349 e. The summed E-state index contributed by atoms with van der Waals surface area (Å²) >= 11 is 6.31. The van der Waals surface area contributed by atoms with Crippen molar-refractivity contribution in [2.24, 2.45) is 12.8 Å². The maximum absolute atomic E-state index is 13.5. The van der Waals surface area contributed by atoms with Crippen molar-refractivity contribution in [3.05, 3.63) is 52.7 Å². The van der Waals surface area contributed by atoms with Gasteiger partial charge in [-0.05, 0) is 43.9 Å². The lowest BCUT2D eigenvalue weighted by Gasteiger charge is -2.27. The zero-order chi connectivity index (χ0) is 27.6. The Morgan fingerprint density at radius 3 is 2.58 bits per heavy atom. The summed E-state index contributed by atoms with van der Waals surface area (Å²) in [6, 6.07) is 6.28. The molecule has 1 aliphatic rings. The highest BCUT2D eigenvalue weighted by atomic mass is 35.5.